The van der Waals surface area contributed by atoms with Gasteiger partial charge in [-0.1, -0.05) is 6.07 Å². The maximum Gasteiger partial charge on any atom is 0.130 e. The van der Waals surface area contributed by atoms with Crippen LogP contribution >= 0.6 is 0 Å². The van der Waals surface area contributed by atoms with Gasteiger partial charge in [-0.05, 0) is 25.0 Å². The minimum absolute atomic E-state index is 0.261. The van der Waals surface area contributed by atoms with Crippen molar-refractivity contribution in [1.29, 1.82) is 0 Å². The lowest BCUT2D eigenvalue weighted by atomic mass is 9.94. The molecule has 1 aliphatic heterocycles. The van der Waals surface area contributed by atoms with Crippen molar-refractivity contribution in [3.63, 3.8) is 0 Å². The van der Waals surface area contributed by atoms with Crippen molar-refractivity contribution < 1.29 is 24.4 Å². The zero-order valence-corrected chi connectivity index (χ0v) is 12.2. The second-order valence-corrected chi connectivity index (χ2v) is 5.49. The molecule has 0 aliphatic carbocycles. The smallest absolute Gasteiger partial charge is 0.130 e. The predicted octanol–water partition coefficient (Wildman–Crippen LogP) is 0.164. The third-order valence-corrected chi connectivity index (χ3v) is 4.16. The molecule has 118 valence electrons. The van der Waals surface area contributed by atoms with Crippen LogP contribution in [0, 0.1) is 5.82 Å². The maximum atomic E-state index is 13.9. The SMILES string of the molecule is COc1ccc(CCN2C[C@H](O)[C@@H](O)[C@H](O)[C@H]2C)c(F)c1. The highest BCUT2D eigenvalue weighted by Gasteiger charge is 2.38. The van der Waals surface area contributed by atoms with Gasteiger partial charge in [0, 0.05) is 25.2 Å². The topological polar surface area (TPSA) is 73.2 Å². The van der Waals surface area contributed by atoms with Gasteiger partial charge >= 0.3 is 0 Å². The van der Waals surface area contributed by atoms with Crippen molar-refractivity contribution in [3.05, 3.63) is 29.6 Å². The Hall–Kier alpha value is -1.21. The van der Waals surface area contributed by atoms with Crippen LogP contribution in [0.4, 0.5) is 4.39 Å². The van der Waals surface area contributed by atoms with Crippen LogP contribution in [-0.2, 0) is 6.42 Å². The summed E-state index contributed by atoms with van der Waals surface area (Å²) in [6.45, 7) is 2.53. The highest BCUT2D eigenvalue weighted by molar-refractivity contribution is 5.29. The van der Waals surface area contributed by atoms with Crippen LogP contribution in [-0.4, -0.2) is 64.8 Å². The van der Waals surface area contributed by atoms with E-state index in [1.165, 1.54) is 13.2 Å². The van der Waals surface area contributed by atoms with E-state index in [0.29, 0.717) is 24.3 Å². The lowest BCUT2D eigenvalue weighted by Gasteiger charge is -2.42. The summed E-state index contributed by atoms with van der Waals surface area (Å²) >= 11 is 0. The van der Waals surface area contributed by atoms with Crippen LogP contribution in [0.1, 0.15) is 12.5 Å². The molecule has 0 unspecified atom stereocenters. The van der Waals surface area contributed by atoms with Crippen molar-refractivity contribution in [2.75, 3.05) is 20.2 Å². The van der Waals surface area contributed by atoms with Crippen molar-refractivity contribution in [1.82, 2.24) is 4.90 Å². The van der Waals surface area contributed by atoms with E-state index in [1.54, 1.807) is 19.1 Å². The number of ether oxygens (including phenoxy) is 1. The Labute approximate surface area is 123 Å². The first kappa shape index (κ1) is 16.2. The molecule has 1 aliphatic rings. The van der Waals surface area contributed by atoms with Gasteiger partial charge in [-0.25, -0.2) is 4.39 Å². The molecule has 1 aromatic rings. The quantitative estimate of drug-likeness (QED) is 0.739. The number of piperidine rings is 1. The molecular formula is C15H22FNO4. The lowest BCUT2D eigenvalue weighted by molar-refractivity contribution is -0.132. The first-order chi connectivity index (χ1) is 9.93. The first-order valence-corrected chi connectivity index (χ1v) is 7.04. The molecule has 2 rings (SSSR count). The van der Waals surface area contributed by atoms with Gasteiger partial charge in [0.1, 0.15) is 17.7 Å². The molecule has 0 saturated carbocycles. The second-order valence-electron chi connectivity index (χ2n) is 5.49. The monoisotopic (exact) mass is 299 g/mol. The van der Waals surface area contributed by atoms with Gasteiger partial charge in [0.05, 0.1) is 19.3 Å². The molecule has 1 aromatic carbocycles. The maximum absolute atomic E-state index is 13.9. The molecule has 0 radical (unpaired) electrons. The largest absolute Gasteiger partial charge is 0.497 e. The number of nitrogens with zero attached hydrogens (tertiary/aromatic N) is 1. The summed E-state index contributed by atoms with van der Waals surface area (Å²) in [6.07, 6.45) is -2.67. The van der Waals surface area contributed by atoms with Crippen LogP contribution in [0.5, 0.6) is 5.75 Å². The summed E-state index contributed by atoms with van der Waals surface area (Å²) in [6, 6.07) is 4.42. The molecule has 0 spiro atoms. The highest BCUT2D eigenvalue weighted by Crippen LogP contribution is 2.21. The Morgan fingerprint density at radius 3 is 2.62 bits per heavy atom. The fourth-order valence-electron chi connectivity index (χ4n) is 2.66. The summed E-state index contributed by atoms with van der Waals surface area (Å²) < 4.78 is 18.8. The molecule has 21 heavy (non-hydrogen) atoms. The van der Waals surface area contributed by atoms with Crippen LogP contribution < -0.4 is 4.74 Å². The predicted molar refractivity (Wildman–Crippen MR) is 75.7 cm³/mol. The Balaban J connectivity index is 1.99. The van der Waals surface area contributed by atoms with Gasteiger partial charge in [-0.2, -0.15) is 0 Å². The zero-order valence-electron chi connectivity index (χ0n) is 12.2. The lowest BCUT2D eigenvalue weighted by Crippen LogP contribution is -2.60. The molecule has 1 saturated heterocycles. The number of aliphatic hydroxyl groups is 3. The number of hydrogen-bond donors (Lipinski definition) is 3. The highest BCUT2D eigenvalue weighted by atomic mass is 19.1. The van der Waals surface area contributed by atoms with E-state index in [-0.39, 0.29) is 18.4 Å². The van der Waals surface area contributed by atoms with E-state index in [1.807, 2.05) is 4.90 Å². The minimum atomic E-state index is -1.13. The van der Waals surface area contributed by atoms with Crippen molar-refractivity contribution in [3.8, 4) is 5.75 Å². The Bertz CT molecular complexity index is 485. The van der Waals surface area contributed by atoms with E-state index in [0.717, 1.165) is 0 Å². The molecule has 0 aromatic heterocycles. The zero-order chi connectivity index (χ0) is 15.6. The van der Waals surface area contributed by atoms with E-state index in [9.17, 15) is 19.7 Å². The van der Waals surface area contributed by atoms with Crippen LogP contribution in [0.2, 0.25) is 0 Å². The molecule has 4 atom stereocenters. The average Bonchev–Trinajstić information content (AvgIpc) is 2.48. The first-order valence-electron chi connectivity index (χ1n) is 7.04. The summed E-state index contributed by atoms with van der Waals surface area (Å²) in [4.78, 5) is 1.85. The number of aliphatic hydroxyl groups excluding tert-OH is 3. The number of hydrogen-bond acceptors (Lipinski definition) is 5. The number of β-amino-alcohol motifs (C(OH)–C–C–N with tert-alkyl or cyclic N) is 1. The molecule has 5 nitrogen and oxygen atoms in total. The van der Waals surface area contributed by atoms with Crippen molar-refractivity contribution in [2.45, 2.75) is 37.7 Å². The normalized spacial score (nSPS) is 30.4. The molecule has 1 fully saturated rings. The van der Waals surface area contributed by atoms with Crippen molar-refractivity contribution >= 4 is 0 Å². The Morgan fingerprint density at radius 1 is 1.29 bits per heavy atom. The van der Waals surface area contributed by atoms with Crippen LogP contribution in [0.15, 0.2) is 18.2 Å². The number of rotatable bonds is 4. The van der Waals surface area contributed by atoms with Crippen LogP contribution in [0.3, 0.4) is 0 Å². The van der Waals surface area contributed by atoms with Gasteiger partial charge in [0.25, 0.3) is 0 Å². The molecule has 6 heteroatoms. The van der Waals surface area contributed by atoms with E-state index in [2.05, 4.69) is 0 Å². The van der Waals surface area contributed by atoms with E-state index in [4.69, 9.17) is 4.74 Å². The average molecular weight is 299 g/mol. The number of likely N-dealkylation sites (tertiary alicyclic amines) is 1. The number of methoxy groups -OCH3 is 1. The third-order valence-electron chi connectivity index (χ3n) is 4.16. The summed E-state index contributed by atoms with van der Waals surface area (Å²) in [5.74, 6) is 0.136. The minimum Gasteiger partial charge on any atom is -0.497 e. The molecule has 0 bridgehead atoms. The second kappa shape index (κ2) is 6.70. The summed E-state index contributed by atoms with van der Waals surface area (Å²) in [7, 11) is 1.48. The standard InChI is InChI=1S/C15H22FNO4/c1-9-14(19)15(20)13(18)8-17(9)6-5-10-3-4-11(21-2)7-12(10)16/h3-4,7,9,13-15,18-20H,5-6,8H2,1-2H3/t9-,13+,14-,15-/m1/s1. The van der Waals surface area contributed by atoms with Gasteiger partial charge in [-0.15, -0.1) is 0 Å². The molecule has 0 amide bonds. The Morgan fingerprint density at radius 2 is 2.00 bits per heavy atom. The molecule has 3 N–H and O–H groups in total. The van der Waals surface area contributed by atoms with E-state index >= 15 is 0 Å². The third kappa shape index (κ3) is 3.52. The van der Waals surface area contributed by atoms with E-state index < -0.39 is 18.3 Å². The Kier molecular flexibility index (Phi) is 5.16. The summed E-state index contributed by atoms with van der Waals surface area (Å²) in [5.41, 5.74) is 0.554. The van der Waals surface area contributed by atoms with Gasteiger partial charge < -0.3 is 20.1 Å². The number of halogens is 1. The van der Waals surface area contributed by atoms with Crippen molar-refractivity contribution in [2.24, 2.45) is 0 Å². The fourth-order valence-corrected chi connectivity index (χ4v) is 2.66. The van der Waals surface area contributed by atoms with Gasteiger partial charge in [-0.3, -0.25) is 4.90 Å². The van der Waals surface area contributed by atoms with Gasteiger partial charge in [0.15, 0.2) is 0 Å². The summed E-state index contributed by atoms with van der Waals surface area (Å²) in [5, 5.41) is 29.2. The molecule has 1 heterocycles. The van der Waals surface area contributed by atoms with Gasteiger partial charge in [0.2, 0.25) is 0 Å². The number of benzene rings is 1. The fraction of sp³-hybridized carbons (Fsp3) is 0.600. The van der Waals surface area contributed by atoms with Crippen LogP contribution in [0.25, 0.3) is 0 Å². The molecular weight excluding hydrogens is 277 g/mol.